The Hall–Kier alpha value is -1.06. The molecule has 0 radical (unpaired) electrons. The van der Waals surface area contributed by atoms with E-state index in [-0.39, 0.29) is 6.10 Å². The van der Waals surface area contributed by atoms with Crippen molar-refractivity contribution in [2.45, 2.75) is 44.3 Å². The van der Waals surface area contributed by atoms with Crippen molar-refractivity contribution in [3.8, 4) is 5.75 Å². The Morgan fingerprint density at radius 3 is 2.60 bits per heavy atom. The summed E-state index contributed by atoms with van der Waals surface area (Å²) in [5.41, 5.74) is 1.24. The largest absolute Gasteiger partial charge is 0.497 e. The molecule has 0 amide bonds. The molecule has 20 heavy (non-hydrogen) atoms. The molecule has 0 bridgehead atoms. The Bertz CT molecular complexity index is 412. The first-order chi connectivity index (χ1) is 9.85. The summed E-state index contributed by atoms with van der Waals surface area (Å²) in [6, 6.07) is 8.25. The van der Waals surface area contributed by atoms with Gasteiger partial charge in [-0.15, -0.1) is 0 Å². The van der Waals surface area contributed by atoms with E-state index in [9.17, 15) is 0 Å². The lowest BCUT2D eigenvalue weighted by Crippen LogP contribution is -2.41. The molecule has 110 valence electrons. The summed E-state index contributed by atoms with van der Waals surface area (Å²) in [4.78, 5) is 0. The van der Waals surface area contributed by atoms with Crippen molar-refractivity contribution in [2.24, 2.45) is 5.92 Å². The fraction of sp³-hybridized carbons (Fsp3) is 0.647. The van der Waals surface area contributed by atoms with Gasteiger partial charge in [-0.3, -0.25) is 0 Å². The fourth-order valence-electron chi connectivity index (χ4n) is 3.48. The molecule has 0 spiro atoms. The van der Waals surface area contributed by atoms with Crippen LogP contribution in [0.2, 0.25) is 0 Å². The van der Waals surface area contributed by atoms with Crippen LogP contribution in [-0.2, 0) is 4.74 Å². The maximum atomic E-state index is 6.30. The van der Waals surface area contributed by atoms with Crippen LogP contribution in [0.4, 0.5) is 0 Å². The van der Waals surface area contributed by atoms with Gasteiger partial charge in [0.2, 0.25) is 0 Å². The second kappa shape index (κ2) is 6.59. The van der Waals surface area contributed by atoms with E-state index in [1.807, 2.05) is 12.1 Å². The number of methoxy groups -OCH3 is 1. The van der Waals surface area contributed by atoms with Gasteiger partial charge in [0.15, 0.2) is 0 Å². The molecular weight excluding hydrogens is 250 g/mol. The molecule has 3 nitrogen and oxygen atoms in total. The third-order valence-corrected chi connectivity index (χ3v) is 4.62. The Balaban J connectivity index is 1.58. The van der Waals surface area contributed by atoms with Crippen molar-refractivity contribution in [1.29, 1.82) is 0 Å². The summed E-state index contributed by atoms with van der Waals surface area (Å²) in [7, 11) is 1.70. The van der Waals surface area contributed by atoms with Crippen LogP contribution < -0.4 is 10.1 Å². The molecule has 2 atom stereocenters. The molecule has 1 aromatic carbocycles. The van der Waals surface area contributed by atoms with E-state index in [1.54, 1.807) is 7.11 Å². The van der Waals surface area contributed by atoms with Gasteiger partial charge in [0.25, 0.3) is 0 Å². The van der Waals surface area contributed by atoms with E-state index in [4.69, 9.17) is 9.47 Å². The first kappa shape index (κ1) is 13.9. The zero-order valence-electron chi connectivity index (χ0n) is 12.3. The van der Waals surface area contributed by atoms with Gasteiger partial charge in [-0.25, -0.2) is 0 Å². The fourth-order valence-corrected chi connectivity index (χ4v) is 3.48. The molecule has 2 fully saturated rings. The van der Waals surface area contributed by atoms with Crippen LogP contribution in [0.3, 0.4) is 0 Å². The van der Waals surface area contributed by atoms with Crippen molar-refractivity contribution in [2.75, 3.05) is 20.2 Å². The molecule has 1 aliphatic heterocycles. The van der Waals surface area contributed by atoms with Gasteiger partial charge >= 0.3 is 0 Å². The number of morpholine rings is 1. The van der Waals surface area contributed by atoms with Gasteiger partial charge < -0.3 is 14.8 Å². The van der Waals surface area contributed by atoms with Gasteiger partial charge in [0.1, 0.15) is 5.75 Å². The van der Waals surface area contributed by atoms with Crippen LogP contribution in [0.25, 0.3) is 0 Å². The first-order valence-corrected chi connectivity index (χ1v) is 7.85. The highest BCUT2D eigenvalue weighted by atomic mass is 16.5. The average Bonchev–Trinajstić information content (AvgIpc) is 3.01. The van der Waals surface area contributed by atoms with Crippen LogP contribution in [0.5, 0.6) is 5.75 Å². The van der Waals surface area contributed by atoms with Crippen LogP contribution in [0.15, 0.2) is 24.3 Å². The van der Waals surface area contributed by atoms with Gasteiger partial charge in [-0.1, -0.05) is 37.8 Å². The predicted octanol–water partition coefficient (Wildman–Crippen LogP) is 3.31. The minimum atomic E-state index is 0.182. The maximum Gasteiger partial charge on any atom is 0.118 e. The number of hydrogen-bond acceptors (Lipinski definition) is 3. The zero-order chi connectivity index (χ0) is 13.8. The Morgan fingerprint density at radius 2 is 1.90 bits per heavy atom. The highest BCUT2D eigenvalue weighted by Gasteiger charge is 2.27. The van der Waals surface area contributed by atoms with E-state index in [0.717, 1.165) is 24.8 Å². The molecule has 1 N–H and O–H groups in total. The van der Waals surface area contributed by atoms with Crippen LogP contribution >= 0.6 is 0 Å². The number of rotatable bonds is 4. The third kappa shape index (κ3) is 3.33. The van der Waals surface area contributed by atoms with Crippen molar-refractivity contribution in [3.63, 3.8) is 0 Å². The summed E-state index contributed by atoms with van der Waals surface area (Å²) < 4.78 is 11.5. The van der Waals surface area contributed by atoms with Crippen molar-refractivity contribution < 1.29 is 9.47 Å². The van der Waals surface area contributed by atoms with Gasteiger partial charge in [-0.05, 0) is 30.0 Å². The standard InChI is InChI=1S/C17H25NO2/c1-19-15-8-6-14(7-9-15)17-12-18-11-16(20-17)10-13-4-2-3-5-13/h6-9,13,16-18H,2-5,10-12H2,1H3. The van der Waals surface area contributed by atoms with Crippen LogP contribution in [0, 0.1) is 5.92 Å². The molecule has 1 saturated carbocycles. The number of nitrogens with one attached hydrogen (secondary N) is 1. The summed E-state index contributed by atoms with van der Waals surface area (Å²) >= 11 is 0. The minimum Gasteiger partial charge on any atom is -0.497 e. The number of hydrogen-bond donors (Lipinski definition) is 1. The second-order valence-corrected chi connectivity index (χ2v) is 6.06. The molecule has 3 heteroatoms. The van der Waals surface area contributed by atoms with Gasteiger partial charge in [-0.2, -0.15) is 0 Å². The van der Waals surface area contributed by atoms with E-state index in [1.165, 1.54) is 37.7 Å². The Labute approximate surface area is 121 Å². The van der Waals surface area contributed by atoms with E-state index in [2.05, 4.69) is 17.4 Å². The molecule has 1 heterocycles. The summed E-state index contributed by atoms with van der Waals surface area (Å²) in [6.45, 7) is 1.91. The average molecular weight is 275 g/mol. The van der Waals surface area contributed by atoms with Crippen molar-refractivity contribution >= 4 is 0 Å². The third-order valence-electron chi connectivity index (χ3n) is 4.62. The molecule has 1 aliphatic carbocycles. The molecule has 1 aromatic rings. The van der Waals surface area contributed by atoms with Crippen LogP contribution in [0.1, 0.15) is 43.8 Å². The topological polar surface area (TPSA) is 30.5 Å². The van der Waals surface area contributed by atoms with Crippen LogP contribution in [-0.4, -0.2) is 26.3 Å². The smallest absolute Gasteiger partial charge is 0.118 e. The highest BCUT2D eigenvalue weighted by molar-refractivity contribution is 5.28. The monoisotopic (exact) mass is 275 g/mol. The van der Waals surface area contributed by atoms with E-state index < -0.39 is 0 Å². The zero-order valence-corrected chi connectivity index (χ0v) is 12.3. The minimum absolute atomic E-state index is 0.182. The molecule has 3 rings (SSSR count). The molecule has 1 saturated heterocycles. The molecular formula is C17H25NO2. The Morgan fingerprint density at radius 1 is 1.15 bits per heavy atom. The lowest BCUT2D eigenvalue weighted by molar-refractivity contribution is -0.0489. The van der Waals surface area contributed by atoms with Gasteiger partial charge in [0.05, 0.1) is 19.3 Å². The molecule has 0 aromatic heterocycles. The van der Waals surface area contributed by atoms with Gasteiger partial charge in [0, 0.05) is 13.1 Å². The predicted molar refractivity (Wildman–Crippen MR) is 80.1 cm³/mol. The summed E-state index contributed by atoms with van der Waals surface area (Å²) in [5, 5.41) is 3.53. The number of ether oxygens (including phenoxy) is 2. The lowest BCUT2D eigenvalue weighted by Gasteiger charge is -2.32. The number of benzene rings is 1. The summed E-state index contributed by atoms with van der Waals surface area (Å²) in [5.74, 6) is 1.79. The van der Waals surface area contributed by atoms with Crippen molar-refractivity contribution in [1.82, 2.24) is 5.32 Å². The summed E-state index contributed by atoms with van der Waals surface area (Å²) in [6.07, 6.45) is 7.39. The highest BCUT2D eigenvalue weighted by Crippen LogP contribution is 2.32. The molecule has 2 aliphatic rings. The normalized spacial score (nSPS) is 27.6. The lowest BCUT2D eigenvalue weighted by atomic mass is 9.98. The first-order valence-electron chi connectivity index (χ1n) is 7.85. The van der Waals surface area contributed by atoms with E-state index in [0.29, 0.717) is 6.10 Å². The quantitative estimate of drug-likeness (QED) is 0.914. The maximum absolute atomic E-state index is 6.30. The second-order valence-electron chi connectivity index (χ2n) is 6.06. The Kier molecular flexibility index (Phi) is 4.58. The van der Waals surface area contributed by atoms with Crippen molar-refractivity contribution in [3.05, 3.63) is 29.8 Å². The SMILES string of the molecule is COc1ccc(C2CNCC(CC3CCCC3)O2)cc1. The van der Waals surface area contributed by atoms with E-state index >= 15 is 0 Å². The molecule has 2 unspecified atom stereocenters.